The molecule has 5 aromatic carbocycles. The van der Waals surface area contributed by atoms with Gasteiger partial charge in [-0.1, -0.05) is 109 Å². The zero-order valence-corrected chi connectivity index (χ0v) is 25.1. The van der Waals surface area contributed by atoms with Crippen LogP contribution < -0.4 is 10.6 Å². The van der Waals surface area contributed by atoms with Gasteiger partial charge in [0.05, 0.1) is 16.3 Å². The van der Waals surface area contributed by atoms with Gasteiger partial charge < -0.3 is 10.6 Å². The van der Waals surface area contributed by atoms with Crippen LogP contribution in [0.15, 0.2) is 156 Å². The highest BCUT2D eigenvalue weighted by molar-refractivity contribution is 7.26. The summed E-state index contributed by atoms with van der Waals surface area (Å²) in [4.78, 5) is 10.2. The number of nitrogens with zero attached hydrogens (tertiary/aromatic N) is 2. The molecule has 9 rings (SSSR count). The normalized spacial score (nSPS) is 17.3. The number of hydrogen-bond acceptors (Lipinski definition) is 5. The SMILES string of the molecule is c1ccc(C2=C3NC(c4ccccc4)N=C(c4cc(-c5ccccc5)cc(-c5ccnc6c5sc5ccccc56)c4)N[C@@H]32)cc1. The van der Waals surface area contributed by atoms with E-state index in [0.717, 1.165) is 33.6 Å². The van der Waals surface area contributed by atoms with Crippen LogP contribution in [0.5, 0.6) is 0 Å². The fraction of sp³-hybridized carbons (Fsp3) is 0.0500. The van der Waals surface area contributed by atoms with Gasteiger partial charge in [0.15, 0.2) is 0 Å². The second-order valence-electron chi connectivity index (χ2n) is 11.5. The van der Waals surface area contributed by atoms with Crippen LogP contribution in [-0.4, -0.2) is 16.9 Å². The monoisotopic (exact) mass is 596 g/mol. The minimum absolute atomic E-state index is 0.0823. The zero-order valence-electron chi connectivity index (χ0n) is 24.3. The summed E-state index contributed by atoms with van der Waals surface area (Å²) in [6, 6.07) is 49.4. The molecule has 0 saturated heterocycles. The van der Waals surface area contributed by atoms with E-state index in [1.54, 1.807) is 0 Å². The van der Waals surface area contributed by atoms with Crippen LogP contribution in [0.25, 0.3) is 48.1 Å². The van der Waals surface area contributed by atoms with Gasteiger partial charge in [0, 0.05) is 38.7 Å². The molecule has 4 nitrogen and oxygen atoms in total. The van der Waals surface area contributed by atoms with E-state index in [1.165, 1.54) is 42.7 Å². The molecule has 0 amide bonds. The molecule has 2 aromatic heterocycles. The molecule has 214 valence electrons. The summed E-state index contributed by atoms with van der Waals surface area (Å²) in [7, 11) is 0. The van der Waals surface area contributed by atoms with Crippen LogP contribution in [0.2, 0.25) is 0 Å². The highest BCUT2D eigenvalue weighted by atomic mass is 32.1. The van der Waals surface area contributed by atoms with Crippen molar-refractivity contribution in [3.63, 3.8) is 0 Å². The van der Waals surface area contributed by atoms with Gasteiger partial charge in [-0.25, -0.2) is 4.99 Å². The highest BCUT2D eigenvalue weighted by Gasteiger charge is 2.42. The first-order valence-electron chi connectivity index (χ1n) is 15.2. The summed E-state index contributed by atoms with van der Waals surface area (Å²) >= 11 is 1.81. The zero-order chi connectivity index (χ0) is 29.7. The van der Waals surface area contributed by atoms with Gasteiger partial charge >= 0.3 is 0 Å². The molecule has 2 N–H and O–H groups in total. The predicted octanol–water partition coefficient (Wildman–Crippen LogP) is 9.22. The van der Waals surface area contributed by atoms with E-state index in [9.17, 15) is 0 Å². The summed E-state index contributed by atoms with van der Waals surface area (Å²) in [5.41, 5.74) is 11.6. The van der Waals surface area contributed by atoms with Crippen LogP contribution in [0.1, 0.15) is 22.9 Å². The fourth-order valence-electron chi connectivity index (χ4n) is 6.45. The lowest BCUT2D eigenvalue weighted by Gasteiger charge is -2.17. The van der Waals surface area contributed by atoms with Crippen molar-refractivity contribution in [3.05, 3.63) is 168 Å². The third-order valence-electron chi connectivity index (χ3n) is 8.70. The Labute approximate surface area is 265 Å². The van der Waals surface area contributed by atoms with Gasteiger partial charge in [-0.3, -0.25) is 4.98 Å². The summed E-state index contributed by atoms with van der Waals surface area (Å²) in [6.45, 7) is 0. The molecule has 0 fully saturated rings. The Morgan fingerprint density at radius 1 is 0.578 bits per heavy atom. The van der Waals surface area contributed by atoms with Crippen molar-refractivity contribution in [1.29, 1.82) is 0 Å². The van der Waals surface area contributed by atoms with Gasteiger partial charge in [0.1, 0.15) is 12.0 Å². The molecule has 0 spiro atoms. The molecule has 2 aliphatic rings. The Balaban J connectivity index is 1.22. The molecule has 5 heteroatoms. The number of pyridine rings is 1. The maximum atomic E-state index is 5.34. The number of hydrogen-bond donors (Lipinski definition) is 2. The number of aliphatic imine (C=N–C) groups is 1. The Morgan fingerprint density at radius 2 is 1.24 bits per heavy atom. The number of rotatable bonds is 5. The number of nitrogens with one attached hydrogen (secondary N) is 2. The second kappa shape index (κ2) is 10.6. The van der Waals surface area contributed by atoms with E-state index < -0.39 is 0 Å². The van der Waals surface area contributed by atoms with E-state index in [-0.39, 0.29) is 12.2 Å². The van der Waals surface area contributed by atoms with Crippen LogP contribution in [0, 0.1) is 0 Å². The molecule has 2 atom stereocenters. The quantitative estimate of drug-likeness (QED) is 0.208. The number of fused-ring (bicyclic) bond motifs is 4. The molecule has 1 unspecified atom stereocenters. The van der Waals surface area contributed by atoms with Gasteiger partial charge in [0.25, 0.3) is 0 Å². The van der Waals surface area contributed by atoms with Crippen molar-refractivity contribution in [3.8, 4) is 22.3 Å². The van der Waals surface area contributed by atoms with E-state index in [2.05, 4.69) is 150 Å². The third kappa shape index (κ3) is 4.60. The Hall–Kier alpha value is -5.52. The summed E-state index contributed by atoms with van der Waals surface area (Å²) < 4.78 is 2.45. The Bertz CT molecular complexity index is 2270. The lowest BCUT2D eigenvalue weighted by molar-refractivity contribution is 0.642. The van der Waals surface area contributed by atoms with Crippen molar-refractivity contribution >= 4 is 43.0 Å². The van der Waals surface area contributed by atoms with Crippen LogP contribution in [-0.2, 0) is 0 Å². The van der Waals surface area contributed by atoms with Crippen molar-refractivity contribution in [2.75, 3.05) is 0 Å². The van der Waals surface area contributed by atoms with Gasteiger partial charge in [0.2, 0.25) is 0 Å². The van der Waals surface area contributed by atoms with Crippen LogP contribution in [0.4, 0.5) is 0 Å². The van der Waals surface area contributed by atoms with E-state index in [4.69, 9.17) is 9.98 Å². The number of benzene rings is 5. The van der Waals surface area contributed by atoms with Crippen molar-refractivity contribution < 1.29 is 0 Å². The molecule has 0 radical (unpaired) electrons. The van der Waals surface area contributed by atoms with Crippen molar-refractivity contribution in [1.82, 2.24) is 15.6 Å². The fourth-order valence-corrected chi connectivity index (χ4v) is 7.65. The summed E-state index contributed by atoms with van der Waals surface area (Å²) in [6.07, 6.45) is 1.73. The number of aromatic nitrogens is 1. The average molecular weight is 597 g/mol. The van der Waals surface area contributed by atoms with E-state index in [1.807, 2.05) is 17.5 Å². The molecule has 45 heavy (non-hydrogen) atoms. The van der Waals surface area contributed by atoms with Crippen LogP contribution in [0.3, 0.4) is 0 Å². The lowest BCUT2D eigenvalue weighted by Crippen LogP contribution is -2.28. The summed E-state index contributed by atoms with van der Waals surface area (Å²) in [5.74, 6) is 0.878. The predicted molar refractivity (Wildman–Crippen MR) is 187 cm³/mol. The molecule has 0 bridgehead atoms. The molecule has 0 saturated carbocycles. The smallest absolute Gasteiger partial charge is 0.146 e. The van der Waals surface area contributed by atoms with Gasteiger partial charge in [-0.15, -0.1) is 11.3 Å². The molecule has 7 aromatic rings. The maximum absolute atomic E-state index is 5.34. The largest absolute Gasteiger partial charge is 0.361 e. The minimum Gasteiger partial charge on any atom is -0.361 e. The topological polar surface area (TPSA) is 49.3 Å². The molecular formula is C40H28N4S. The van der Waals surface area contributed by atoms with E-state index in [0.29, 0.717) is 0 Å². The molecular weight excluding hydrogens is 569 g/mol. The van der Waals surface area contributed by atoms with Crippen molar-refractivity contribution in [2.45, 2.75) is 12.2 Å². The standard InChI is InChI=1S/C40H28N4S/c1-4-12-25(13-5-1)28-22-29(31-20-21-41-35-32-18-10-11-19-33(32)45-38(31)35)24-30(23-28)40-43-37-34(26-14-6-2-7-15-26)36(37)42-39(44-40)27-16-8-3-9-17-27/h1-24,37,39,42H,(H,43,44)/t37-,39?/m1/s1. The number of thiophene rings is 1. The lowest BCUT2D eigenvalue weighted by atomic mass is 9.95. The molecule has 3 heterocycles. The molecule has 1 aliphatic carbocycles. The van der Waals surface area contributed by atoms with Gasteiger partial charge in [-0.05, 0) is 58.1 Å². The maximum Gasteiger partial charge on any atom is 0.146 e. The van der Waals surface area contributed by atoms with Gasteiger partial charge in [-0.2, -0.15) is 0 Å². The minimum atomic E-state index is -0.214. The first kappa shape index (κ1) is 25.9. The van der Waals surface area contributed by atoms with Crippen molar-refractivity contribution in [2.24, 2.45) is 4.99 Å². The third-order valence-corrected chi connectivity index (χ3v) is 9.89. The molecule has 1 aliphatic heterocycles. The van der Waals surface area contributed by atoms with Crippen LogP contribution >= 0.6 is 11.3 Å². The average Bonchev–Trinajstić information content (AvgIpc) is 3.70. The number of amidine groups is 1. The Kier molecular flexibility index (Phi) is 6.10. The first-order valence-corrected chi connectivity index (χ1v) is 16.0. The highest BCUT2D eigenvalue weighted by Crippen LogP contribution is 2.43. The summed E-state index contributed by atoms with van der Waals surface area (Å²) in [5, 5.41) is 8.81. The van der Waals surface area contributed by atoms with E-state index >= 15 is 0 Å². The first-order chi connectivity index (χ1) is 22.3. The Morgan fingerprint density at radius 3 is 2.04 bits per heavy atom. The second-order valence-corrected chi connectivity index (χ2v) is 12.6.